The quantitative estimate of drug-likeness (QED) is 0.0822. The fourth-order valence-corrected chi connectivity index (χ4v) is 6.69. The van der Waals surface area contributed by atoms with Crippen LogP contribution in [0.2, 0.25) is 0 Å². The zero-order chi connectivity index (χ0) is 37.7. The molecule has 1 aromatic rings. The number of hydrogen-bond donors (Lipinski definition) is 5. The second-order valence-electron chi connectivity index (χ2n) is 14.7. The second kappa shape index (κ2) is 20.6. The predicted molar refractivity (Wildman–Crippen MR) is 191 cm³/mol. The second-order valence-corrected chi connectivity index (χ2v) is 14.7. The number of aliphatic hydroxyl groups is 2. The van der Waals surface area contributed by atoms with Gasteiger partial charge in [0.25, 0.3) is 0 Å². The topological polar surface area (TPSA) is 193 Å². The molecule has 2 aliphatic heterocycles. The SMILES string of the molecule is CC(/C=C/C1O[C@H](CC(=O)NCCCCC(C(=O)O)C(C)C)CC(CO)[C@@H]1O)=C\CC1OC(C)C(NC(=O)/C=C\C(C)c2noc(C)n2)CC1C. The third-order valence-electron chi connectivity index (χ3n) is 10.0. The van der Waals surface area contributed by atoms with Crippen LogP contribution in [0.1, 0.15) is 104 Å². The highest BCUT2D eigenvalue weighted by Crippen LogP contribution is 2.30. The number of aliphatic carboxylic acids is 1. The first kappa shape index (κ1) is 42.0. The van der Waals surface area contributed by atoms with Crippen LogP contribution in [0, 0.1) is 30.6 Å². The average molecular weight is 717 g/mol. The smallest absolute Gasteiger partial charge is 0.306 e. The Kier molecular flexibility index (Phi) is 17.0. The van der Waals surface area contributed by atoms with Crippen LogP contribution in [0.25, 0.3) is 0 Å². The lowest BCUT2D eigenvalue weighted by Gasteiger charge is -2.39. The Bertz CT molecular complexity index is 1360. The average Bonchev–Trinajstić information content (AvgIpc) is 3.51. The standard InChI is InChI=1S/C38H60N4O9/c1-22(2)30(38(47)48)10-8-9-17-39-35(45)20-29-19-28(21-43)36(46)33(50-29)15-12-23(3)11-14-32-25(5)18-31(26(6)49-32)41-34(44)16-13-24(4)37-40-27(7)51-42-37/h11-13,15-16,22,24-26,28-33,36,43,46H,8-10,14,17-21H2,1-7H3,(H,39,45)(H,41,44)(H,47,48)/b15-12+,16-13-,23-11+/t24?,25?,26?,28?,29-,30?,31?,32?,33?,36-/m0/s1. The summed E-state index contributed by atoms with van der Waals surface area (Å²) < 4.78 is 17.5. The minimum absolute atomic E-state index is 0.0273. The Balaban J connectivity index is 1.45. The van der Waals surface area contributed by atoms with Gasteiger partial charge in [0, 0.05) is 31.9 Å². The Morgan fingerprint density at radius 1 is 1.08 bits per heavy atom. The summed E-state index contributed by atoms with van der Waals surface area (Å²) in [4.78, 5) is 40.9. The summed E-state index contributed by atoms with van der Waals surface area (Å²) in [7, 11) is 0. The number of aromatic nitrogens is 2. The van der Waals surface area contributed by atoms with Gasteiger partial charge in [0.1, 0.15) is 6.10 Å². The molecule has 13 nitrogen and oxygen atoms in total. The number of hydrogen-bond acceptors (Lipinski definition) is 10. The molecule has 10 atom stereocenters. The molecule has 8 unspecified atom stereocenters. The van der Waals surface area contributed by atoms with Crippen molar-refractivity contribution in [1.82, 2.24) is 20.8 Å². The maximum Gasteiger partial charge on any atom is 0.306 e. The molecule has 3 heterocycles. The lowest BCUT2D eigenvalue weighted by Crippen LogP contribution is -2.50. The third kappa shape index (κ3) is 13.6. The van der Waals surface area contributed by atoms with Crippen LogP contribution >= 0.6 is 0 Å². The van der Waals surface area contributed by atoms with E-state index >= 15 is 0 Å². The van der Waals surface area contributed by atoms with Gasteiger partial charge in [-0.3, -0.25) is 14.4 Å². The summed E-state index contributed by atoms with van der Waals surface area (Å²) >= 11 is 0. The molecule has 2 aliphatic rings. The van der Waals surface area contributed by atoms with E-state index in [1.54, 1.807) is 19.1 Å². The summed E-state index contributed by atoms with van der Waals surface area (Å²) in [5.74, 6) is -0.850. The number of carbonyl (C=O) groups is 3. The fourth-order valence-electron chi connectivity index (χ4n) is 6.69. The van der Waals surface area contributed by atoms with Crippen LogP contribution in [-0.4, -0.2) is 93.0 Å². The molecule has 0 aliphatic carbocycles. The Labute approximate surface area is 302 Å². The van der Waals surface area contributed by atoms with Crippen molar-refractivity contribution in [2.45, 2.75) is 136 Å². The molecule has 0 saturated carbocycles. The first-order valence-corrected chi connectivity index (χ1v) is 18.4. The maximum atomic E-state index is 12.7. The number of nitrogens with zero attached hydrogens (tertiary/aromatic N) is 2. The van der Waals surface area contributed by atoms with E-state index in [2.05, 4.69) is 33.8 Å². The van der Waals surface area contributed by atoms with E-state index in [9.17, 15) is 29.7 Å². The van der Waals surface area contributed by atoms with Gasteiger partial charge in [0.2, 0.25) is 17.7 Å². The van der Waals surface area contributed by atoms with Gasteiger partial charge in [-0.05, 0) is 63.9 Å². The number of nitrogens with one attached hydrogen (secondary N) is 2. The van der Waals surface area contributed by atoms with Crippen molar-refractivity contribution in [1.29, 1.82) is 0 Å². The number of carboxylic acid groups (broad SMARTS) is 1. The highest BCUT2D eigenvalue weighted by molar-refractivity contribution is 5.87. The number of allylic oxidation sites excluding steroid dienone is 3. The summed E-state index contributed by atoms with van der Waals surface area (Å²) in [6.07, 6.45) is 10.6. The van der Waals surface area contributed by atoms with Crippen molar-refractivity contribution in [3.8, 4) is 0 Å². The van der Waals surface area contributed by atoms with Gasteiger partial charge in [0.05, 0.1) is 42.8 Å². The van der Waals surface area contributed by atoms with Crippen LogP contribution in [-0.2, 0) is 23.9 Å². The van der Waals surface area contributed by atoms with Crippen LogP contribution in [0.4, 0.5) is 0 Å². The molecular formula is C38H60N4O9. The highest BCUT2D eigenvalue weighted by Gasteiger charge is 2.37. The number of carboxylic acids is 1. The third-order valence-corrected chi connectivity index (χ3v) is 10.0. The van der Waals surface area contributed by atoms with Crippen molar-refractivity contribution >= 4 is 17.8 Å². The largest absolute Gasteiger partial charge is 0.481 e. The monoisotopic (exact) mass is 716 g/mol. The maximum absolute atomic E-state index is 12.7. The molecule has 286 valence electrons. The van der Waals surface area contributed by atoms with Gasteiger partial charge in [0.15, 0.2) is 5.82 Å². The first-order chi connectivity index (χ1) is 24.2. The Morgan fingerprint density at radius 2 is 1.82 bits per heavy atom. The van der Waals surface area contributed by atoms with Gasteiger partial charge in [-0.15, -0.1) is 0 Å². The number of rotatable bonds is 18. The van der Waals surface area contributed by atoms with E-state index in [-0.39, 0.29) is 66.8 Å². The Hall–Kier alpha value is -3.39. The molecule has 2 fully saturated rings. The van der Waals surface area contributed by atoms with E-state index in [0.717, 1.165) is 12.0 Å². The molecule has 0 bridgehead atoms. The van der Waals surface area contributed by atoms with Crippen molar-refractivity contribution in [3.05, 3.63) is 47.7 Å². The lowest BCUT2D eigenvalue weighted by atomic mass is 9.87. The van der Waals surface area contributed by atoms with Gasteiger partial charge < -0.3 is 39.9 Å². The summed E-state index contributed by atoms with van der Waals surface area (Å²) in [6.45, 7) is 13.7. The van der Waals surface area contributed by atoms with E-state index in [1.807, 2.05) is 40.7 Å². The molecule has 3 rings (SSSR count). The molecular weight excluding hydrogens is 656 g/mol. The molecule has 1 aromatic heterocycles. The Morgan fingerprint density at radius 3 is 2.47 bits per heavy atom. The number of carbonyl (C=O) groups excluding carboxylic acids is 2. The summed E-state index contributed by atoms with van der Waals surface area (Å²) in [5.41, 5.74) is 0.962. The van der Waals surface area contributed by atoms with E-state index < -0.39 is 30.2 Å². The number of aliphatic hydroxyl groups excluding tert-OH is 2. The minimum atomic E-state index is -0.905. The van der Waals surface area contributed by atoms with Gasteiger partial charge in [-0.1, -0.05) is 69.1 Å². The summed E-state index contributed by atoms with van der Waals surface area (Å²) in [6, 6.07) is -0.123. The zero-order valence-electron chi connectivity index (χ0n) is 31.3. The molecule has 0 spiro atoms. The minimum Gasteiger partial charge on any atom is -0.481 e. The molecule has 0 aromatic carbocycles. The zero-order valence-corrected chi connectivity index (χ0v) is 31.3. The number of amides is 2. The van der Waals surface area contributed by atoms with E-state index in [4.69, 9.17) is 14.0 Å². The molecule has 0 radical (unpaired) electrons. The number of aryl methyl sites for hydroxylation is 1. The summed E-state index contributed by atoms with van der Waals surface area (Å²) in [5, 5.41) is 40.0. The first-order valence-electron chi connectivity index (χ1n) is 18.4. The number of ether oxygens (including phenoxy) is 2. The van der Waals surface area contributed by atoms with Crippen molar-refractivity contribution < 1.29 is 43.7 Å². The normalized spacial score (nSPS) is 28.6. The lowest BCUT2D eigenvalue weighted by molar-refractivity contribution is -0.146. The molecule has 51 heavy (non-hydrogen) atoms. The predicted octanol–water partition coefficient (Wildman–Crippen LogP) is 4.39. The van der Waals surface area contributed by atoms with Gasteiger partial charge >= 0.3 is 5.97 Å². The van der Waals surface area contributed by atoms with Crippen molar-refractivity contribution in [3.63, 3.8) is 0 Å². The van der Waals surface area contributed by atoms with Crippen molar-refractivity contribution in [2.24, 2.45) is 23.7 Å². The van der Waals surface area contributed by atoms with Gasteiger partial charge in [-0.25, -0.2) is 0 Å². The van der Waals surface area contributed by atoms with Crippen LogP contribution in [0.3, 0.4) is 0 Å². The van der Waals surface area contributed by atoms with Crippen LogP contribution < -0.4 is 10.6 Å². The van der Waals surface area contributed by atoms with Crippen LogP contribution in [0.5, 0.6) is 0 Å². The van der Waals surface area contributed by atoms with Crippen LogP contribution in [0.15, 0.2) is 40.5 Å². The van der Waals surface area contributed by atoms with E-state index in [0.29, 0.717) is 50.4 Å². The van der Waals surface area contributed by atoms with E-state index in [1.165, 1.54) is 6.08 Å². The molecule has 2 amide bonds. The fraction of sp³-hybridized carbons (Fsp3) is 0.711. The van der Waals surface area contributed by atoms with Gasteiger partial charge in [-0.2, -0.15) is 4.98 Å². The molecule has 5 N–H and O–H groups in total. The molecule has 13 heteroatoms. The number of unbranched alkanes of at least 4 members (excludes halogenated alkanes) is 1. The van der Waals surface area contributed by atoms with Crippen molar-refractivity contribution in [2.75, 3.05) is 13.2 Å². The highest BCUT2D eigenvalue weighted by atomic mass is 16.5. The molecule has 2 saturated heterocycles.